The second-order valence-electron chi connectivity index (χ2n) is 10.2. The van der Waals surface area contributed by atoms with Crippen molar-refractivity contribution in [1.82, 2.24) is 14.9 Å². The van der Waals surface area contributed by atoms with Crippen LogP contribution in [0.25, 0.3) is 0 Å². The Bertz CT molecular complexity index is 1600. The zero-order valence-electron chi connectivity index (χ0n) is 24.7. The normalized spacial score (nSPS) is 13.9. The third-order valence-electron chi connectivity index (χ3n) is 7.35. The van der Waals surface area contributed by atoms with E-state index in [2.05, 4.69) is 32.5 Å². The summed E-state index contributed by atoms with van der Waals surface area (Å²) in [4.78, 5) is 32.6. The van der Waals surface area contributed by atoms with Crippen molar-refractivity contribution in [3.05, 3.63) is 84.3 Å². The molecule has 1 amide bonds. The predicted octanol–water partition coefficient (Wildman–Crippen LogP) is 5.60. The summed E-state index contributed by atoms with van der Waals surface area (Å²) < 4.78 is 19.2. The van der Waals surface area contributed by atoms with Crippen molar-refractivity contribution in [2.75, 3.05) is 67.8 Å². The summed E-state index contributed by atoms with van der Waals surface area (Å²) in [7, 11) is 5.56. The molecule has 5 rings (SSSR count). The van der Waals surface area contributed by atoms with Crippen LogP contribution in [-0.4, -0.2) is 74.4 Å². The lowest BCUT2D eigenvalue weighted by molar-refractivity contribution is -0.106. The number of ether oxygens (including phenoxy) is 1. The van der Waals surface area contributed by atoms with E-state index in [1.165, 1.54) is 17.0 Å². The topological polar surface area (TPSA) is 98.2 Å². The molecule has 2 N–H and O–H groups in total. The van der Waals surface area contributed by atoms with Crippen LogP contribution in [0.2, 0.25) is 0 Å². The molecule has 0 atom stereocenters. The molecule has 222 valence electrons. The zero-order chi connectivity index (χ0) is 30.3. The molecule has 0 spiro atoms. The summed E-state index contributed by atoms with van der Waals surface area (Å²) in [5.41, 5.74) is 4.89. The number of halogens is 1. The molecule has 2 heterocycles. The fraction of sp³-hybridized carbons (Fsp3) is 0.250. The molecule has 43 heavy (non-hydrogen) atoms. The number of aromatic nitrogens is 2. The predicted molar refractivity (Wildman–Crippen MR) is 170 cm³/mol. The summed E-state index contributed by atoms with van der Waals surface area (Å²) in [6.45, 7) is 5.68. The minimum atomic E-state index is -0.334. The van der Waals surface area contributed by atoms with Gasteiger partial charge in [-0.1, -0.05) is 18.2 Å². The first kappa shape index (κ1) is 29.5. The Hall–Kier alpha value is -5.03. The lowest BCUT2D eigenvalue weighted by atomic mass is 10.1. The first-order valence-electron chi connectivity index (χ1n) is 14.0. The number of piperazine rings is 1. The van der Waals surface area contributed by atoms with Gasteiger partial charge in [0.15, 0.2) is 5.82 Å². The Morgan fingerprint density at radius 1 is 1.07 bits per heavy atom. The van der Waals surface area contributed by atoms with Gasteiger partial charge in [0.25, 0.3) is 0 Å². The summed E-state index contributed by atoms with van der Waals surface area (Å²) in [6, 6.07) is 19.4. The summed E-state index contributed by atoms with van der Waals surface area (Å²) >= 11 is 0. The van der Waals surface area contributed by atoms with Gasteiger partial charge in [-0.2, -0.15) is 4.98 Å². The first-order valence-corrected chi connectivity index (χ1v) is 14.0. The van der Waals surface area contributed by atoms with Crippen LogP contribution in [-0.2, 0) is 4.79 Å². The maximum atomic E-state index is 13.5. The van der Waals surface area contributed by atoms with Gasteiger partial charge in [0, 0.05) is 56.4 Å². The van der Waals surface area contributed by atoms with E-state index in [-0.39, 0.29) is 17.6 Å². The quantitative estimate of drug-likeness (QED) is 0.184. The Balaban J connectivity index is 1.52. The van der Waals surface area contributed by atoms with Gasteiger partial charge in [-0.25, -0.2) is 14.4 Å². The van der Waals surface area contributed by atoms with Crippen molar-refractivity contribution < 1.29 is 13.9 Å². The number of nitrogens with zero attached hydrogens (tertiary/aromatic N) is 6. The van der Waals surface area contributed by atoms with E-state index in [0.29, 0.717) is 34.9 Å². The average molecular weight is 583 g/mol. The summed E-state index contributed by atoms with van der Waals surface area (Å²) in [6.07, 6.45) is 2.25. The molecule has 3 aromatic carbocycles. The maximum absolute atomic E-state index is 13.5. The van der Waals surface area contributed by atoms with Crippen LogP contribution >= 0.6 is 0 Å². The number of carbonyl (C=O) groups excluding carboxylic acids is 1. The number of rotatable bonds is 10. The van der Waals surface area contributed by atoms with Crippen molar-refractivity contribution in [3.63, 3.8) is 0 Å². The second kappa shape index (κ2) is 13.3. The number of aliphatic imine (C=N–C) groups is 1. The highest BCUT2D eigenvalue weighted by Crippen LogP contribution is 2.36. The molecule has 0 saturated carbocycles. The third kappa shape index (κ3) is 6.90. The van der Waals surface area contributed by atoms with Crippen LogP contribution in [0.3, 0.4) is 0 Å². The second-order valence-corrected chi connectivity index (χ2v) is 10.2. The lowest BCUT2D eigenvalue weighted by Gasteiger charge is -2.34. The van der Waals surface area contributed by atoms with Gasteiger partial charge in [-0.15, -0.1) is 0 Å². The molecule has 10 nitrogen and oxygen atoms in total. The van der Waals surface area contributed by atoms with Gasteiger partial charge < -0.3 is 25.2 Å². The molecule has 4 aromatic rings. The van der Waals surface area contributed by atoms with E-state index in [4.69, 9.17) is 14.7 Å². The van der Waals surface area contributed by atoms with Gasteiger partial charge in [0.1, 0.15) is 17.3 Å². The monoisotopic (exact) mass is 582 g/mol. The number of nitrogens with one attached hydrogen (secondary N) is 2. The van der Waals surface area contributed by atoms with Crippen molar-refractivity contribution in [2.45, 2.75) is 6.92 Å². The molecule has 1 aliphatic rings. The van der Waals surface area contributed by atoms with Gasteiger partial charge in [-0.3, -0.25) is 9.69 Å². The van der Waals surface area contributed by atoms with Crippen LogP contribution in [0.5, 0.6) is 5.75 Å². The molecule has 1 saturated heterocycles. The minimum Gasteiger partial charge on any atom is -0.494 e. The molecule has 11 heteroatoms. The first-order chi connectivity index (χ1) is 20.9. The largest absolute Gasteiger partial charge is 0.494 e. The fourth-order valence-corrected chi connectivity index (χ4v) is 4.83. The lowest BCUT2D eigenvalue weighted by Crippen LogP contribution is -2.44. The highest BCUT2D eigenvalue weighted by molar-refractivity contribution is 6.01. The number of methoxy groups -OCH3 is 1. The number of carbonyl (C=O) groups is 1. The standard InChI is InChI=1S/C32H35FN8O2/c1-22(23-8-10-24(33)11-9-23)36-29-20-35-32(38-31(29)41(21-42)27-7-5-6-25(18-27)34-2)37-28-13-12-26(19-30(28)43-4)40-16-14-39(3)15-17-40/h5-13,18-21,34H,14-17H2,1-4H3,(H,35,37,38)/b36-22+. The highest BCUT2D eigenvalue weighted by Gasteiger charge is 2.20. The molecule has 0 bridgehead atoms. The highest BCUT2D eigenvalue weighted by atomic mass is 19.1. The molecular formula is C32H35FN8O2. The molecule has 0 radical (unpaired) electrons. The number of amides is 1. The van der Waals surface area contributed by atoms with Crippen LogP contribution in [0, 0.1) is 5.82 Å². The molecule has 1 aliphatic heterocycles. The van der Waals surface area contributed by atoms with Gasteiger partial charge >= 0.3 is 0 Å². The Kier molecular flexibility index (Phi) is 9.11. The number of likely N-dealkylation sites (N-methyl/N-ethyl adjacent to an activating group) is 1. The van der Waals surface area contributed by atoms with E-state index < -0.39 is 0 Å². The Labute approximate surface area is 250 Å². The molecule has 0 aliphatic carbocycles. The summed E-state index contributed by atoms with van der Waals surface area (Å²) in [5, 5.41) is 6.35. The molecule has 0 unspecified atom stereocenters. The Morgan fingerprint density at radius 2 is 1.84 bits per heavy atom. The number of hydrogen-bond acceptors (Lipinski definition) is 9. The van der Waals surface area contributed by atoms with Crippen LogP contribution in [0.1, 0.15) is 12.5 Å². The van der Waals surface area contributed by atoms with E-state index in [1.807, 2.05) is 49.4 Å². The van der Waals surface area contributed by atoms with E-state index >= 15 is 0 Å². The minimum absolute atomic E-state index is 0.260. The van der Waals surface area contributed by atoms with Gasteiger partial charge in [0.05, 0.1) is 24.7 Å². The summed E-state index contributed by atoms with van der Waals surface area (Å²) in [5.74, 6) is 0.843. The van der Waals surface area contributed by atoms with Crippen molar-refractivity contribution in [2.24, 2.45) is 4.99 Å². The van der Waals surface area contributed by atoms with Gasteiger partial charge in [0.2, 0.25) is 12.4 Å². The Morgan fingerprint density at radius 3 is 2.53 bits per heavy atom. The van der Waals surface area contributed by atoms with E-state index in [9.17, 15) is 9.18 Å². The van der Waals surface area contributed by atoms with Crippen LogP contribution < -0.4 is 25.2 Å². The fourth-order valence-electron chi connectivity index (χ4n) is 4.83. The SMILES string of the molecule is CNc1cccc(N(C=O)c2nc(Nc3ccc(N4CCN(C)CC4)cc3OC)ncc2/N=C(\C)c2ccc(F)cc2)c1. The number of benzene rings is 3. The zero-order valence-corrected chi connectivity index (χ0v) is 24.7. The van der Waals surface area contributed by atoms with E-state index in [1.54, 1.807) is 32.5 Å². The average Bonchev–Trinajstić information content (AvgIpc) is 3.03. The number of hydrogen-bond donors (Lipinski definition) is 2. The van der Waals surface area contributed by atoms with E-state index in [0.717, 1.165) is 43.1 Å². The van der Waals surface area contributed by atoms with Crippen molar-refractivity contribution in [1.29, 1.82) is 0 Å². The third-order valence-corrected chi connectivity index (χ3v) is 7.35. The van der Waals surface area contributed by atoms with Crippen molar-refractivity contribution in [3.8, 4) is 5.75 Å². The maximum Gasteiger partial charge on any atom is 0.229 e. The molecular weight excluding hydrogens is 547 g/mol. The molecule has 1 aromatic heterocycles. The molecule has 1 fully saturated rings. The smallest absolute Gasteiger partial charge is 0.229 e. The van der Waals surface area contributed by atoms with Crippen LogP contribution in [0.15, 0.2) is 77.9 Å². The van der Waals surface area contributed by atoms with Crippen LogP contribution in [0.4, 0.5) is 44.6 Å². The van der Waals surface area contributed by atoms with Gasteiger partial charge in [-0.05, 0) is 62.0 Å². The number of anilines is 6. The van der Waals surface area contributed by atoms with Crippen molar-refractivity contribution >= 4 is 52.3 Å².